The molecule has 0 saturated heterocycles. The molecule has 0 atom stereocenters. The Balaban J connectivity index is 1.68. The highest BCUT2D eigenvalue weighted by atomic mass is 16.5. The maximum Gasteiger partial charge on any atom is 0.123 e. The van der Waals surface area contributed by atoms with Crippen LogP contribution >= 0.6 is 0 Å². The number of ether oxygens (including phenoxy) is 1. The summed E-state index contributed by atoms with van der Waals surface area (Å²) in [6, 6.07) is 17.0. The molecule has 0 aliphatic heterocycles. The van der Waals surface area contributed by atoms with E-state index < -0.39 is 0 Å². The van der Waals surface area contributed by atoms with E-state index in [0.29, 0.717) is 12.5 Å². The average Bonchev–Trinajstić information content (AvgIpc) is 3.16. The summed E-state index contributed by atoms with van der Waals surface area (Å²) >= 11 is 0. The van der Waals surface area contributed by atoms with E-state index in [4.69, 9.17) is 10.00 Å². The smallest absolute Gasteiger partial charge is 0.123 e. The quantitative estimate of drug-likeness (QED) is 0.780. The van der Waals surface area contributed by atoms with E-state index in [1.54, 1.807) is 7.11 Å². The summed E-state index contributed by atoms with van der Waals surface area (Å²) in [5, 5.41) is 15.8. The van der Waals surface area contributed by atoms with Crippen molar-refractivity contribution in [3.05, 3.63) is 53.6 Å². The molecule has 2 aromatic carbocycles. The van der Waals surface area contributed by atoms with Gasteiger partial charge in [-0.2, -0.15) is 5.26 Å². The predicted octanol–water partition coefficient (Wildman–Crippen LogP) is 4.54. The Morgan fingerprint density at radius 3 is 2.48 bits per heavy atom. The lowest BCUT2D eigenvalue weighted by molar-refractivity contribution is 0.405. The zero-order valence-corrected chi connectivity index (χ0v) is 14.7. The van der Waals surface area contributed by atoms with Gasteiger partial charge < -0.3 is 15.4 Å². The number of nitrogens with zero attached hydrogens (tertiary/aromatic N) is 1. The number of anilines is 2. The van der Waals surface area contributed by atoms with Crippen LogP contribution in [0, 0.1) is 11.3 Å². The monoisotopic (exact) mass is 335 g/mol. The molecular formula is C21H25N3O. The molecule has 1 fully saturated rings. The second kappa shape index (κ2) is 8.55. The Bertz CT molecular complexity index is 728. The third-order valence-corrected chi connectivity index (χ3v) is 4.74. The fraction of sp³-hybridized carbons (Fsp3) is 0.381. The van der Waals surface area contributed by atoms with Crippen LogP contribution in [0.3, 0.4) is 0 Å². The molecule has 0 radical (unpaired) electrons. The fourth-order valence-electron chi connectivity index (χ4n) is 3.34. The molecule has 130 valence electrons. The molecule has 0 unspecified atom stereocenters. The van der Waals surface area contributed by atoms with Crippen molar-refractivity contribution in [2.45, 2.75) is 44.7 Å². The lowest BCUT2D eigenvalue weighted by Crippen LogP contribution is -2.25. The Morgan fingerprint density at radius 2 is 1.80 bits per heavy atom. The SMILES string of the molecule is COc1ccc(Nc2ccc(CC#N)cc2)cc1CNC1CCCC1. The topological polar surface area (TPSA) is 57.1 Å². The average molecular weight is 335 g/mol. The Morgan fingerprint density at radius 1 is 1.08 bits per heavy atom. The van der Waals surface area contributed by atoms with Crippen molar-refractivity contribution in [1.29, 1.82) is 5.26 Å². The molecular weight excluding hydrogens is 310 g/mol. The molecule has 0 spiro atoms. The molecule has 25 heavy (non-hydrogen) atoms. The Kier molecular flexibility index (Phi) is 5.92. The van der Waals surface area contributed by atoms with Gasteiger partial charge in [0.25, 0.3) is 0 Å². The fourth-order valence-corrected chi connectivity index (χ4v) is 3.34. The van der Waals surface area contributed by atoms with Gasteiger partial charge in [-0.3, -0.25) is 0 Å². The molecule has 4 heteroatoms. The lowest BCUT2D eigenvalue weighted by Gasteiger charge is -2.16. The minimum atomic E-state index is 0.444. The van der Waals surface area contributed by atoms with E-state index in [1.165, 1.54) is 31.2 Å². The second-order valence-corrected chi connectivity index (χ2v) is 6.55. The molecule has 1 aliphatic rings. The number of nitriles is 1. The van der Waals surface area contributed by atoms with Crippen LogP contribution in [0.25, 0.3) is 0 Å². The number of rotatable bonds is 7. The first-order chi connectivity index (χ1) is 12.3. The van der Waals surface area contributed by atoms with Crippen LogP contribution in [0.5, 0.6) is 5.75 Å². The highest BCUT2D eigenvalue weighted by Crippen LogP contribution is 2.26. The summed E-state index contributed by atoms with van der Waals surface area (Å²) in [4.78, 5) is 0. The van der Waals surface area contributed by atoms with Gasteiger partial charge in [0.05, 0.1) is 19.6 Å². The van der Waals surface area contributed by atoms with E-state index in [0.717, 1.165) is 29.2 Å². The van der Waals surface area contributed by atoms with Crippen molar-refractivity contribution < 1.29 is 4.74 Å². The highest BCUT2D eigenvalue weighted by molar-refractivity contribution is 5.62. The van der Waals surface area contributed by atoms with E-state index >= 15 is 0 Å². The van der Waals surface area contributed by atoms with Crippen molar-refractivity contribution in [2.24, 2.45) is 0 Å². The molecule has 2 N–H and O–H groups in total. The van der Waals surface area contributed by atoms with Crippen LogP contribution in [-0.2, 0) is 13.0 Å². The zero-order valence-electron chi connectivity index (χ0n) is 14.7. The number of hydrogen-bond acceptors (Lipinski definition) is 4. The van der Waals surface area contributed by atoms with Gasteiger partial charge >= 0.3 is 0 Å². The van der Waals surface area contributed by atoms with Crippen LogP contribution in [-0.4, -0.2) is 13.2 Å². The van der Waals surface area contributed by atoms with E-state index in [9.17, 15) is 0 Å². The lowest BCUT2D eigenvalue weighted by atomic mass is 10.1. The summed E-state index contributed by atoms with van der Waals surface area (Å²) < 4.78 is 5.51. The third-order valence-electron chi connectivity index (χ3n) is 4.74. The van der Waals surface area contributed by atoms with Gasteiger partial charge in [-0.25, -0.2) is 0 Å². The van der Waals surface area contributed by atoms with Gasteiger partial charge in [0.1, 0.15) is 5.75 Å². The molecule has 1 aliphatic carbocycles. The maximum absolute atomic E-state index is 8.75. The van der Waals surface area contributed by atoms with E-state index in [1.807, 2.05) is 36.4 Å². The molecule has 2 aromatic rings. The number of methoxy groups -OCH3 is 1. The summed E-state index contributed by atoms with van der Waals surface area (Å²) in [5.41, 5.74) is 4.25. The van der Waals surface area contributed by atoms with Crippen LogP contribution in [0.2, 0.25) is 0 Å². The van der Waals surface area contributed by atoms with Gasteiger partial charge in [-0.15, -0.1) is 0 Å². The van der Waals surface area contributed by atoms with Crippen molar-refractivity contribution >= 4 is 11.4 Å². The van der Waals surface area contributed by atoms with Crippen LogP contribution < -0.4 is 15.4 Å². The largest absolute Gasteiger partial charge is 0.496 e. The highest BCUT2D eigenvalue weighted by Gasteiger charge is 2.15. The number of nitrogens with one attached hydrogen (secondary N) is 2. The summed E-state index contributed by atoms with van der Waals surface area (Å²) in [6.45, 7) is 0.824. The van der Waals surface area contributed by atoms with Gasteiger partial charge in [0.2, 0.25) is 0 Å². The predicted molar refractivity (Wildman–Crippen MR) is 101 cm³/mol. The van der Waals surface area contributed by atoms with Crippen LogP contribution in [0.15, 0.2) is 42.5 Å². The Hall–Kier alpha value is -2.51. The minimum absolute atomic E-state index is 0.444. The van der Waals surface area contributed by atoms with E-state index in [2.05, 4.69) is 22.8 Å². The van der Waals surface area contributed by atoms with Gasteiger partial charge in [-0.1, -0.05) is 25.0 Å². The Labute approximate surface area is 149 Å². The summed E-state index contributed by atoms with van der Waals surface area (Å²) in [7, 11) is 1.72. The first-order valence-corrected chi connectivity index (χ1v) is 8.91. The number of hydrogen-bond donors (Lipinski definition) is 2. The third kappa shape index (κ3) is 4.74. The minimum Gasteiger partial charge on any atom is -0.496 e. The molecule has 1 saturated carbocycles. The standard InChI is InChI=1S/C21H25N3O/c1-25-21-11-10-20(14-17(21)15-23-18-4-2-3-5-18)24-19-8-6-16(7-9-19)12-13-22/h6-11,14,18,23-24H,2-5,12,15H2,1H3. The normalized spacial score (nSPS) is 14.2. The molecule has 0 aromatic heterocycles. The molecule has 4 nitrogen and oxygen atoms in total. The van der Waals surface area contributed by atoms with E-state index in [-0.39, 0.29) is 0 Å². The van der Waals surface area contributed by atoms with Gasteiger partial charge in [0.15, 0.2) is 0 Å². The maximum atomic E-state index is 8.75. The van der Waals surface area contributed by atoms with Crippen molar-refractivity contribution in [1.82, 2.24) is 5.32 Å². The first kappa shape index (κ1) is 17.3. The summed E-state index contributed by atoms with van der Waals surface area (Å²) in [6.07, 6.45) is 5.65. The van der Waals surface area contributed by atoms with Crippen LogP contribution in [0.1, 0.15) is 36.8 Å². The summed E-state index contributed by atoms with van der Waals surface area (Å²) in [5.74, 6) is 0.917. The van der Waals surface area contributed by atoms with Gasteiger partial charge in [-0.05, 0) is 48.7 Å². The second-order valence-electron chi connectivity index (χ2n) is 6.55. The van der Waals surface area contributed by atoms with Crippen molar-refractivity contribution in [2.75, 3.05) is 12.4 Å². The molecule has 0 amide bonds. The molecule has 3 rings (SSSR count). The molecule has 0 bridgehead atoms. The molecule has 0 heterocycles. The zero-order chi connectivity index (χ0) is 17.5. The first-order valence-electron chi connectivity index (χ1n) is 8.91. The number of benzene rings is 2. The van der Waals surface area contributed by atoms with Crippen LogP contribution in [0.4, 0.5) is 11.4 Å². The van der Waals surface area contributed by atoms with Crippen molar-refractivity contribution in [3.63, 3.8) is 0 Å². The van der Waals surface area contributed by atoms with Crippen molar-refractivity contribution in [3.8, 4) is 11.8 Å². The van der Waals surface area contributed by atoms with Gasteiger partial charge in [0, 0.05) is 29.5 Å².